The number of hydrogen-bond acceptors (Lipinski definition) is 1. The van der Waals surface area contributed by atoms with Gasteiger partial charge in [0.25, 0.3) is 0 Å². The van der Waals surface area contributed by atoms with Gasteiger partial charge in [0, 0.05) is 11.4 Å². The summed E-state index contributed by atoms with van der Waals surface area (Å²) in [5, 5.41) is 3.43. The van der Waals surface area contributed by atoms with Crippen molar-refractivity contribution in [1.29, 1.82) is 0 Å². The number of hydrogen-bond donors (Lipinski definition) is 1. The average molecular weight is 285 g/mol. The van der Waals surface area contributed by atoms with Crippen molar-refractivity contribution in [1.82, 2.24) is 0 Å². The lowest BCUT2D eigenvalue weighted by Gasteiger charge is -2.08. The Balaban J connectivity index is 1.73. The van der Waals surface area contributed by atoms with E-state index in [9.17, 15) is 0 Å². The Morgan fingerprint density at radius 2 is 1.18 bits per heavy atom. The van der Waals surface area contributed by atoms with Crippen LogP contribution < -0.4 is 5.32 Å². The van der Waals surface area contributed by atoms with Crippen LogP contribution in [0.2, 0.25) is 0 Å². The fourth-order valence-corrected chi connectivity index (χ4v) is 2.41. The third kappa shape index (κ3) is 3.44. The molecule has 1 heteroatoms. The summed E-state index contributed by atoms with van der Waals surface area (Å²) in [7, 11) is 0. The van der Waals surface area contributed by atoms with Gasteiger partial charge in [0.1, 0.15) is 0 Å². The molecule has 108 valence electrons. The molecule has 0 amide bonds. The smallest absolute Gasteiger partial charge is 0.0384 e. The Morgan fingerprint density at radius 1 is 0.636 bits per heavy atom. The SMILES string of the molecule is CC=Cc1ccc(Nc2ccc(-c3ccccc3)cc2)cc1. The first kappa shape index (κ1) is 14.2. The van der Waals surface area contributed by atoms with Gasteiger partial charge in [-0.2, -0.15) is 0 Å². The highest BCUT2D eigenvalue weighted by atomic mass is 14.9. The highest BCUT2D eigenvalue weighted by molar-refractivity contribution is 5.68. The van der Waals surface area contributed by atoms with Crippen molar-refractivity contribution in [3.8, 4) is 11.1 Å². The molecule has 0 atom stereocenters. The summed E-state index contributed by atoms with van der Waals surface area (Å²) < 4.78 is 0. The van der Waals surface area contributed by atoms with Gasteiger partial charge in [-0.1, -0.05) is 66.7 Å². The van der Waals surface area contributed by atoms with Gasteiger partial charge in [0.05, 0.1) is 0 Å². The maximum Gasteiger partial charge on any atom is 0.0384 e. The molecule has 0 radical (unpaired) electrons. The number of rotatable bonds is 4. The highest BCUT2D eigenvalue weighted by Crippen LogP contribution is 2.23. The minimum absolute atomic E-state index is 1.10. The maximum atomic E-state index is 3.43. The Morgan fingerprint density at radius 3 is 1.77 bits per heavy atom. The van der Waals surface area contributed by atoms with Gasteiger partial charge in [0.15, 0.2) is 0 Å². The van der Waals surface area contributed by atoms with Crippen molar-refractivity contribution in [3.63, 3.8) is 0 Å². The van der Waals surface area contributed by atoms with Gasteiger partial charge < -0.3 is 5.32 Å². The first-order valence-electron chi connectivity index (χ1n) is 7.50. The molecule has 0 heterocycles. The number of benzene rings is 3. The van der Waals surface area contributed by atoms with Crippen molar-refractivity contribution in [2.75, 3.05) is 5.32 Å². The summed E-state index contributed by atoms with van der Waals surface area (Å²) >= 11 is 0. The van der Waals surface area contributed by atoms with E-state index < -0.39 is 0 Å². The maximum absolute atomic E-state index is 3.43. The molecule has 0 spiro atoms. The summed E-state index contributed by atoms with van der Waals surface area (Å²) in [6.45, 7) is 2.03. The van der Waals surface area contributed by atoms with Crippen molar-refractivity contribution in [2.24, 2.45) is 0 Å². The molecule has 0 aromatic heterocycles. The second-order valence-corrected chi connectivity index (χ2v) is 5.19. The molecule has 22 heavy (non-hydrogen) atoms. The second-order valence-electron chi connectivity index (χ2n) is 5.19. The summed E-state index contributed by atoms with van der Waals surface area (Å²) in [6.07, 6.45) is 4.14. The summed E-state index contributed by atoms with van der Waals surface area (Å²) in [4.78, 5) is 0. The predicted octanol–water partition coefficient (Wildman–Crippen LogP) is 6.13. The van der Waals surface area contributed by atoms with E-state index in [1.165, 1.54) is 16.7 Å². The largest absolute Gasteiger partial charge is 0.356 e. The van der Waals surface area contributed by atoms with Gasteiger partial charge in [0.2, 0.25) is 0 Å². The molecule has 0 aliphatic rings. The zero-order chi connectivity index (χ0) is 15.2. The van der Waals surface area contributed by atoms with Gasteiger partial charge in [-0.25, -0.2) is 0 Å². The molecule has 3 rings (SSSR count). The molecule has 0 saturated heterocycles. The first-order chi connectivity index (χ1) is 10.8. The topological polar surface area (TPSA) is 12.0 Å². The van der Waals surface area contributed by atoms with Crippen LogP contribution in [0, 0.1) is 0 Å². The van der Waals surface area contributed by atoms with Crippen molar-refractivity contribution < 1.29 is 0 Å². The van der Waals surface area contributed by atoms with Crippen LogP contribution in [-0.4, -0.2) is 0 Å². The molecule has 0 unspecified atom stereocenters. The van der Waals surface area contributed by atoms with E-state index in [4.69, 9.17) is 0 Å². The van der Waals surface area contributed by atoms with Crippen molar-refractivity contribution in [3.05, 3.63) is 90.5 Å². The van der Waals surface area contributed by atoms with E-state index in [2.05, 4.69) is 84.2 Å². The molecule has 1 N–H and O–H groups in total. The number of allylic oxidation sites excluding steroid dienone is 1. The van der Waals surface area contributed by atoms with E-state index >= 15 is 0 Å². The fourth-order valence-electron chi connectivity index (χ4n) is 2.41. The summed E-state index contributed by atoms with van der Waals surface area (Å²) in [5.74, 6) is 0. The van der Waals surface area contributed by atoms with Gasteiger partial charge in [-0.3, -0.25) is 0 Å². The van der Waals surface area contributed by atoms with Crippen LogP contribution in [0.5, 0.6) is 0 Å². The van der Waals surface area contributed by atoms with Crippen LogP contribution in [0.15, 0.2) is 84.9 Å². The van der Waals surface area contributed by atoms with Gasteiger partial charge >= 0.3 is 0 Å². The van der Waals surface area contributed by atoms with Crippen LogP contribution in [0.3, 0.4) is 0 Å². The van der Waals surface area contributed by atoms with E-state index in [1.54, 1.807) is 0 Å². The minimum Gasteiger partial charge on any atom is -0.356 e. The molecule has 0 fully saturated rings. The Hall–Kier alpha value is -2.80. The van der Waals surface area contributed by atoms with E-state index in [1.807, 2.05) is 19.1 Å². The molecular formula is C21H19N. The standard InChI is InChI=1S/C21H19N/c1-2-6-17-9-13-20(14-10-17)22-21-15-11-19(12-16-21)18-7-4-3-5-8-18/h2-16,22H,1H3. The Bertz CT molecular complexity index is 738. The zero-order valence-electron chi connectivity index (χ0n) is 12.7. The third-order valence-corrected chi connectivity index (χ3v) is 3.55. The average Bonchev–Trinajstić information content (AvgIpc) is 2.58. The first-order valence-corrected chi connectivity index (χ1v) is 7.50. The van der Waals surface area contributed by atoms with Crippen LogP contribution in [0.4, 0.5) is 11.4 Å². The minimum atomic E-state index is 1.10. The normalized spacial score (nSPS) is 10.8. The van der Waals surface area contributed by atoms with Crippen LogP contribution >= 0.6 is 0 Å². The van der Waals surface area contributed by atoms with Crippen LogP contribution in [0.1, 0.15) is 12.5 Å². The van der Waals surface area contributed by atoms with Crippen molar-refractivity contribution >= 4 is 17.5 Å². The predicted molar refractivity (Wildman–Crippen MR) is 96.3 cm³/mol. The number of nitrogens with one attached hydrogen (secondary N) is 1. The van der Waals surface area contributed by atoms with Gasteiger partial charge in [-0.15, -0.1) is 0 Å². The molecule has 3 aromatic carbocycles. The van der Waals surface area contributed by atoms with Crippen molar-refractivity contribution in [2.45, 2.75) is 6.92 Å². The quantitative estimate of drug-likeness (QED) is 0.608. The second kappa shape index (κ2) is 6.77. The molecule has 0 saturated carbocycles. The Labute approximate surface area is 132 Å². The molecule has 0 bridgehead atoms. The van der Waals surface area contributed by atoms with E-state index in [-0.39, 0.29) is 0 Å². The zero-order valence-corrected chi connectivity index (χ0v) is 12.7. The Kier molecular flexibility index (Phi) is 4.35. The van der Waals surface area contributed by atoms with Crippen LogP contribution in [-0.2, 0) is 0 Å². The van der Waals surface area contributed by atoms with E-state index in [0.717, 1.165) is 11.4 Å². The summed E-state index contributed by atoms with van der Waals surface area (Å²) in [5.41, 5.74) is 5.88. The lowest BCUT2D eigenvalue weighted by Crippen LogP contribution is -1.90. The molecule has 0 aliphatic carbocycles. The molecular weight excluding hydrogens is 266 g/mol. The summed E-state index contributed by atoms with van der Waals surface area (Å²) in [6, 6.07) is 27.4. The van der Waals surface area contributed by atoms with Gasteiger partial charge in [-0.05, 0) is 47.9 Å². The molecule has 0 aliphatic heterocycles. The monoisotopic (exact) mass is 285 g/mol. The van der Waals surface area contributed by atoms with Crippen LogP contribution in [0.25, 0.3) is 17.2 Å². The lowest BCUT2D eigenvalue weighted by atomic mass is 10.1. The molecule has 3 aromatic rings. The van der Waals surface area contributed by atoms with E-state index in [0.29, 0.717) is 0 Å². The third-order valence-electron chi connectivity index (χ3n) is 3.55. The fraction of sp³-hybridized carbons (Fsp3) is 0.0476. The number of anilines is 2. The lowest BCUT2D eigenvalue weighted by molar-refractivity contribution is 1.53. The highest BCUT2D eigenvalue weighted by Gasteiger charge is 1.98. The molecule has 1 nitrogen and oxygen atoms in total.